The smallest absolute Gasteiger partial charge is 0.141 e. The molecule has 0 spiro atoms. The molecule has 2 aromatic rings. The predicted molar refractivity (Wildman–Crippen MR) is 79.0 cm³/mol. The molecule has 0 bridgehead atoms. The van der Waals surface area contributed by atoms with Crippen molar-refractivity contribution in [3.05, 3.63) is 56.5 Å². The van der Waals surface area contributed by atoms with Crippen molar-refractivity contribution in [2.45, 2.75) is 13.5 Å². The minimum Gasteiger partial charge on any atom is -0.456 e. The Balaban J connectivity index is 2.31. The van der Waals surface area contributed by atoms with Gasteiger partial charge in [0.15, 0.2) is 0 Å². The Bertz CT molecular complexity index is 568. The Hall–Kier alpha value is -0.840. The number of hydrogen-bond acceptors (Lipinski definition) is 2. The van der Waals surface area contributed by atoms with Gasteiger partial charge >= 0.3 is 0 Å². The highest BCUT2D eigenvalue weighted by atomic mass is 79.9. The Labute approximate surface area is 123 Å². The van der Waals surface area contributed by atoms with Gasteiger partial charge in [0.2, 0.25) is 0 Å². The van der Waals surface area contributed by atoms with Gasteiger partial charge in [0, 0.05) is 4.47 Å². The van der Waals surface area contributed by atoms with Crippen molar-refractivity contribution < 1.29 is 9.84 Å². The van der Waals surface area contributed by atoms with Gasteiger partial charge in [-0.15, -0.1) is 0 Å². The zero-order valence-electron chi connectivity index (χ0n) is 9.78. The molecule has 0 aliphatic carbocycles. The van der Waals surface area contributed by atoms with Crippen molar-refractivity contribution in [3.63, 3.8) is 0 Å². The van der Waals surface area contributed by atoms with Crippen LogP contribution < -0.4 is 4.74 Å². The van der Waals surface area contributed by atoms with E-state index in [1.165, 1.54) is 0 Å². The zero-order valence-corrected chi connectivity index (χ0v) is 13.0. The van der Waals surface area contributed by atoms with Gasteiger partial charge in [-0.2, -0.15) is 0 Å². The van der Waals surface area contributed by atoms with Crippen LogP contribution in [0.1, 0.15) is 11.1 Å². The molecule has 0 saturated carbocycles. The number of hydrogen-bond donors (Lipinski definition) is 1. The lowest BCUT2D eigenvalue weighted by molar-refractivity contribution is 0.281. The van der Waals surface area contributed by atoms with E-state index >= 15 is 0 Å². The Morgan fingerprint density at radius 3 is 2.50 bits per heavy atom. The van der Waals surface area contributed by atoms with E-state index < -0.39 is 0 Å². The summed E-state index contributed by atoms with van der Waals surface area (Å²) < 4.78 is 7.67. The second-order valence-electron chi connectivity index (χ2n) is 3.93. The molecule has 94 valence electrons. The highest BCUT2D eigenvalue weighted by molar-refractivity contribution is 9.10. The first-order valence-electron chi connectivity index (χ1n) is 5.43. The highest BCUT2D eigenvalue weighted by Gasteiger charge is 2.06. The normalized spacial score (nSPS) is 10.4. The van der Waals surface area contributed by atoms with E-state index in [0.29, 0.717) is 0 Å². The van der Waals surface area contributed by atoms with E-state index in [2.05, 4.69) is 31.9 Å². The van der Waals surface area contributed by atoms with E-state index in [-0.39, 0.29) is 6.61 Å². The van der Waals surface area contributed by atoms with Crippen LogP contribution in [0.5, 0.6) is 11.5 Å². The molecule has 0 aliphatic rings. The number of benzene rings is 2. The largest absolute Gasteiger partial charge is 0.456 e. The summed E-state index contributed by atoms with van der Waals surface area (Å²) in [5, 5.41) is 9.06. The van der Waals surface area contributed by atoms with Crippen LogP contribution in [0, 0.1) is 6.92 Å². The minimum absolute atomic E-state index is 0.0226. The Kier molecular flexibility index (Phi) is 4.43. The molecule has 0 heterocycles. The standard InChI is InChI=1S/C14H12Br2O2/c1-9-2-4-11(15)7-14(9)18-13-5-3-10(8-17)6-12(13)16/h2-7,17H,8H2,1H3. The molecule has 0 aliphatic heterocycles. The van der Waals surface area contributed by atoms with Crippen LogP contribution in [0.2, 0.25) is 0 Å². The van der Waals surface area contributed by atoms with Gasteiger partial charge < -0.3 is 9.84 Å². The SMILES string of the molecule is Cc1ccc(Br)cc1Oc1ccc(CO)cc1Br. The maximum atomic E-state index is 9.06. The Morgan fingerprint density at radius 2 is 1.83 bits per heavy atom. The van der Waals surface area contributed by atoms with Gasteiger partial charge in [0.1, 0.15) is 11.5 Å². The first-order valence-corrected chi connectivity index (χ1v) is 7.02. The first kappa shape index (κ1) is 13.6. The van der Waals surface area contributed by atoms with Crippen molar-refractivity contribution >= 4 is 31.9 Å². The Morgan fingerprint density at radius 1 is 1.06 bits per heavy atom. The molecule has 0 atom stereocenters. The monoisotopic (exact) mass is 370 g/mol. The third-order valence-corrected chi connectivity index (χ3v) is 3.66. The van der Waals surface area contributed by atoms with Crippen molar-refractivity contribution in [1.29, 1.82) is 0 Å². The van der Waals surface area contributed by atoms with Crippen molar-refractivity contribution in [2.24, 2.45) is 0 Å². The number of aryl methyl sites for hydroxylation is 1. The van der Waals surface area contributed by atoms with Crippen LogP contribution in [0.15, 0.2) is 45.3 Å². The van der Waals surface area contributed by atoms with Gasteiger partial charge in [0.05, 0.1) is 11.1 Å². The maximum absolute atomic E-state index is 9.06. The van der Waals surface area contributed by atoms with E-state index in [0.717, 1.165) is 31.6 Å². The lowest BCUT2D eigenvalue weighted by atomic mass is 10.2. The molecular weight excluding hydrogens is 360 g/mol. The highest BCUT2D eigenvalue weighted by Crippen LogP contribution is 2.33. The number of halogens is 2. The lowest BCUT2D eigenvalue weighted by Gasteiger charge is -2.11. The summed E-state index contributed by atoms with van der Waals surface area (Å²) in [5.41, 5.74) is 1.91. The molecule has 0 fully saturated rings. The van der Waals surface area contributed by atoms with E-state index in [9.17, 15) is 0 Å². The summed E-state index contributed by atoms with van der Waals surface area (Å²) in [6.45, 7) is 2.02. The zero-order chi connectivity index (χ0) is 13.1. The van der Waals surface area contributed by atoms with E-state index in [1.807, 2.05) is 43.3 Å². The fourth-order valence-electron chi connectivity index (χ4n) is 1.53. The molecule has 2 rings (SSSR count). The molecule has 2 nitrogen and oxygen atoms in total. The third kappa shape index (κ3) is 3.13. The predicted octanol–water partition coefficient (Wildman–Crippen LogP) is 4.80. The third-order valence-electron chi connectivity index (χ3n) is 2.55. The summed E-state index contributed by atoms with van der Waals surface area (Å²) in [4.78, 5) is 0. The quantitative estimate of drug-likeness (QED) is 0.839. The molecule has 18 heavy (non-hydrogen) atoms. The summed E-state index contributed by atoms with van der Waals surface area (Å²) in [7, 11) is 0. The molecule has 0 radical (unpaired) electrons. The van der Waals surface area contributed by atoms with Crippen LogP contribution in [-0.4, -0.2) is 5.11 Å². The van der Waals surface area contributed by atoms with Gasteiger partial charge in [-0.1, -0.05) is 28.1 Å². The van der Waals surface area contributed by atoms with Crippen LogP contribution in [0.3, 0.4) is 0 Å². The number of ether oxygens (including phenoxy) is 1. The maximum Gasteiger partial charge on any atom is 0.141 e. The van der Waals surface area contributed by atoms with E-state index in [4.69, 9.17) is 9.84 Å². The van der Waals surface area contributed by atoms with Crippen molar-refractivity contribution in [3.8, 4) is 11.5 Å². The van der Waals surface area contributed by atoms with Crippen molar-refractivity contribution in [1.82, 2.24) is 0 Å². The summed E-state index contributed by atoms with van der Waals surface area (Å²) in [5.74, 6) is 1.54. The van der Waals surface area contributed by atoms with Gasteiger partial charge in [-0.05, 0) is 58.2 Å². The topological polar surface area (TPSA) is 29.5 Å². The second kappa shape index (κ2) is 5.87. The molecule has 0 saturated heterocycles. The molecule has 4 heteroatoms. The van der Waals surface area contributed by atoms with Crippen LogP contribution in [-0.2, 0) is 6.61 Å². The summed E-state index contributed by atoms with van der Waals surface area (Å²) in [6.07, 6.45) is 0. The average molecular weight is 372 g/mol. The summed E-state index contributed by atoms with van der Waals surface area (Å²) in [6, 6.07) is 11.4. The van der Waals surface area contributed by atoms with Gasteiger partial charge in [0.25, 0.3) is 0 Å². The van der Waals surface area contributed by atoms with Gasteiger partial charge in [-0.25, -0.2) is 0 Å². The fraction of sp³-hybridized carbons (Fsp3) is 0.143. The molecule has 0 aromatic heterocycles. The van der Waals surface area contributed by atoms with Crippen LogP contribution >= 0.6 is 31.9 Å². The molecule has 0 amide bonds. The number of rotatable bonds is 3. The second-order valence-corrected chi connectivity index (χ2v) is 5.70. The van der Waals surface area contributed by atoms with Crippen molar-refractivity contribution in [2.75, 3.05) is 0 Å². The fourth-order valence-corrected chi connectivity index (χ4v) is 2.38. The molecule has 2 aromatic carbocycles. The molecular formula is C14H12Br2O2. The van der Waals surface area contributed by atoms with Gasteiger partial charge in [-0.3, -0.25) is 0 Å². The molecule has 1 N–H and O–H groups in total. The number of aliphatic hydroxyl groups is 1. The molecule has 0 unspecified atom stereocenters. The summed E-state index contributed by atoms with van der Waals surface area (Å²) >= 11 is 6.87. The van der Waals surface area contributed by atoms with E-state index in [1.54, 1.807) is 0 Å². The minimum atomic E-state index is 0.0226. The number of aliphatic hydroxyl groups excluding tert-OH is 1. The average Bonchev–Trinajstić information content (AvgIpc) is 2.36. The first-order chi connectivity index (χ1) is 8.60. The van der Waals surface area contributed by atoms with Crippen LogP contribution in [0.4, 0.5) is 0 Å². The van der Waals surface area contributed by atoms with Crippen LogP contribution in [0.25, 0.3) is 0 Å². The lowest BCUT2D eigenvalue weighted by Crippen LogP contribution is -1.90.